The molecular formula is C19H13N3O6. The fourth-order valence-electron chi connectivity index (χ4n) is 2.63. The second-order valence-corrected chi connectivity index (χ2v) is 5.78. The van der Waals surface area contributed by atoms with E-state index in [-0.39, 0.29) is 5.76 Å². The second-order valence-electron chi connectivity index (χ2n) is 5.78. The number of nitro groups is 1. The first-order valence-corrected chi connectivity index (χ1v) is 8.14. The predicted octanol–water partition coefficient (Wildman–Crippen LogP) is 4.26. The number of amides is 1. The Balaban J connectivity index is 1.59. The highest BCUT2D eigenvalue weighted by Crippen LogP contribution is 2.28. The van der Waals surface area contributed by atoms with Crippen LogP contribution in [0.1, 0.15) is 10.6 Å². The Hall–Kier alpha value is -4.14. The molecule has 28 heavy (non-hydrogen) atoms. The summed E-state index contributed by atoms with van der Waals surface area (Å²) in [6, 6.07) is 14.5. The first-order valence-electron chi connectivity index (χ1n) is 8.14. The minimum absolute atomic E-state index is 0.161. The van der Waals surface area contributed by atoms with Crippen molar-refractivity contribution in [2.75, 3.05) is 12.4 Å². The first kappa shape index (κ1) is 17.3. The highest BCUT2D eigenvalue weighted by atomic mass is 16.6. The molecule has 140 valence electrons. The van der Waals surface area contributed by atoms with Gasteiger partial charge in [-0.15, -0.1) is 0 Å². The van der Waals surface area contributed by atoms with Crippen LogP contribution in [-0.4, -0.2) is 22.9 Å². The van der Waals surface area contributed by atoms with Gasteiger partial charge in [0, 0.05) is 17.3 Å². The van der Waals surface area contributed by atoms with Crippen LogP contribution in [0.4, 0.5) is 11.6 Å². The number of ether oxygens (including phenoxy) is 1. The molecule has 4 rings (SSSR count). The molecule has 0 bridgehead atoms. The van der Waals surface area contributed by atoms with Crippen LogP contribution in [0.2, 0.25) is 0 Å². The third kappa shape index (κ3) is 3.28. The maximum Gasteiger partial charge on any atom is 0.433 e. The maximum atomic E-state index is 12.2. The summed E-state index contributed by atoms with van der Waals surface area (Å²) < 4.78 is 15.8. The van der Waals surface area contributed by atoms with Crippen molar-refractivity contribution in [3.63, 3.8) is 0 Å². The molecule has 4 aromatic rings. The lowest BCUT2D eigenvalue weighted by Gasteiger charge is -2.04. The minimum atomic E-state index is -0.709. The van der Waals surface area contributed by atoms with E-state index in [1.165, 1.54) is 6.07 Å². The van der Waals surface area contributed by atoms with Crippen LogP contribution in [-0.2, 0) is 0 Å². The highest BCUT2D eigenvalue weighted by molar-refractivity contribution is 6.02. The number of nitrogens with one attached hydrogen (secondary N) is 1. The first-order chi connectivity index (χ1) is 13.5. The van der Waals surface area contributed by atoms with Crippen LogP contribution < -0.4 is 10.1 Å². The van der Waals surface area contributed by atoms with Gasteiger partial charge in [0.15, 0.2) is 11.3 Å². The standard InChI is InChI=1S/C19H13N3O6/c1-26-13-5-6-15-14(10-13)21-19(28-15)11-3-2-4-12(9-11)20-18(23)16-7-8-17(27-16)22(24)25/h2-10H,1H3,(H,20,23). The number of oxazole rings is 1. The number of carbonyl (C=O) groups excluding carboxylic acids is 1. The van der Waals surface area contributed by atoms with E-state index < -0.39 is 16.7 Å². The predicted molar refractivity (Wildman–Crippen MR) is 99.3 cm³/mol. The lowest BCUT2D eigenvalue weighted by Crippen LogP contribution is -2.10. The summed E-state index contributed by atoms with van der Waals surface area (Å²) in [6.45, 7) is 0. The Morgan fingerprint density at radius 2 is 2.00 bits per heavy atom. The lowest BCUT2D eigenvalue weighted by atomic mass is 10.2. The van der Waals surface area contributed by atoms with E-state index in [1.807, 2.05) is 0 Å². The zero-order valence-corrected chi connectivity index (χ0v) is 14.5. The smallest absolute Gasteiger partial charge is 0.433 e. The summed E-state index contributed by atoms with van der Waals surface area (Å²) in [4.78, 5) is 26.6. The molecule has 0 aliphatic carbocycles. The summed E-state index contributed by atoms with van der Waals surface area (Å²) in [5.41, 5.74) is 2.36. The van der Waals surface area contributed by atoms with Crippen LogP contribution in [0.5, 0.6) is 5.75 Å². The van der Waals surface area contributed by atoms with Gasteiger partial charge in [-0.05, 0) is 36.4 Å². The average molecular weight is 379 g/mol. The normalized spacial score (nSPS) is 10.8. The van der Waals surface area contributed by atoms with Gasteiger partial charge in [0.1, 0.15) is 16.2 Å². The molecule has 0 fully saturated rings. The number of carbonyl (C=O) groups is 1. The molecule has 0 aliphatic heterocycles. The molecule has 1 N–H and O–H groups in total. The van der Waals surface area contributed by atoms with E-state index >= 15 is 0 Å². The number of methoxy groups -OCH3 is 1. The summed E-state index contributed by atoms with van der Waals surface area (Å²) >= 11 is 0. The third-order valence-electron chi connectivity index (χ3n) is 3.96. The minimum Gasteiger partial charge on any atom is -0.497 e. The van der Waals surface area contributed by atoms with Crippen LogP contribution in [0.25, 0.3) is 22.6 Å². The van der Waals surface area contributed by atoms with E-state index in [0.717, 1.165) is 6.07 Å². The van der Waals surface area contributed by atoms with Gasteiger partial charge in [-0.25, -0.2) is 4.98 Å². The monoisotopic (exact) mass is 379 g/mol. The van der Waals surface area contributed by atoms with Crippen molar-refractivity contribution in [1.29, 1.82) is 0 Å². The molecular weight excluding hydrogens is 366 g/mol. The van der Waals surface area contributed by atoms with Crippen molar-refractivity contribution in [2.24, 2.45) is 0 Å². The third-order valence-corrected chi connectivity index (χ3v) is 3.96. The highest BCUT2D eigenvalue weighted by Gasteiger charge is 2.18. The van der Waals surface area contributed by atoms with Crippen molar-refractivity contribution in [3.05, 3.63) is 70.5 Å². The van der Waals surface area contributed by atoms with Gasteiger partial charge in [0.05, 0.1) is 13.2 Å². The molecule has 0 unspecified atom stereocenters. The Labute approximate surface area is 157 Å². The van der Waals surface area contributed by atoms with Crippen molar-refractivity contribution >= 4 is 28.6 Å². The molecule has 0 aliphatic rings. The largest absolute Gasteiger partial charge is 0.497 e. The molecule has 9 heteroatoms. The van der Waals surface area contributed by atoms with Gasteiger partial charge in [0.25, 0.3) is 5.91 Å². The van der Waals surface area contributed by atoms with Gasteiger partial charge in [-0.1, -0.05) is 6.07 Å². The molecule has 0 saturated heterocycles. The fraction of sp³-hybridized carbons (Fsp3) is 0.0526. The van der Waals surface area contributed by atoms with E-state index in [9.17, 15) is 14.9 Å². The zero-order chi connectivity index (χ0) is 19.7. The number of nitrogens with zero attached hydrogens (tertiary/aromatic N) is 2. The molecule has 2 aromatic heterocycles. The van der Waals surface area contributed by atoms with Crippen molar-refractivity contribution in [3.8, 4) is 17.2 Å². The van der Waals surface area contributed by atoms with Gasteiger partial charge in [0.2, 0.25) is 5.89 Å². The number of aromatic nitrogens is 1. The van der Waals surface area contributed by atoms with Gasteiger partial charge >= 0.3 is 5.88 Å². The number of rotatable bonds is 5. The SMILES string of the molecule is COc1ccc2oc(-c3cccc(NC(=O)c4ccc([N+](=O)[O-])o4)c3)nc2c1. The molecule has 2 heterocycles. The van der Waals surface area contributed by atoms with Crippen LogP contribution in [0.3, 0.4) is 0 Å². The molecule has 0 spiro atoms. The van der Waals surface area contributed by atoms with E-state index in [0.29, 0.717) is 34.0 Å². The van der Waals surface area contributed by atoms with Gasteiger partial charge in [-0.3, -0.25) is 14.9 Å². The van der Waals surface area contributed by atoms with Crippen molar-refractivity contribution in [1.82, 2.24) is 4.98 Å². The molecule has 1 amide bonds. The van der Waals surface area contributed by atoms with E-state index in [4.69, 9.17) is 13.6 Å². The number of benzene rings is 2. The van der Waals surface area contributed by atoms with Gasteiger partial charge < -0.3 is 18.9 Å². The van der Waals surface area contributed by atoms with E-state index in [2.05, 4.69) is 10.3 Å². The van der Waals surface area contributed by atoms with Crippen LogP contribution >= 0.6 is 0 Å². The maximum absolute atomic E-state index is 12.2. The van der Waals surface area contributed by atoms with Crippen molar-refractivity contribution < 1.29 is 23.3 Å². The van der Waals surface area contributed by atoms with E-state index in [1.54, 1.807) is 49.6 Å². The Morgan fingerprint density at radius 1 is 1.14 bits per heavy atom. The Morgan fingerprint density at radius 3 is 2.75 bits per heavy atom. The topological polar surface area (TPSA) is 121 Å². The summed E-state index contributed by atoms with van der Waals surface area (Å²) in [5, 5.41) is 13.3. The second kappa shape index (κ2) is 6.88. The Kier molecular flexibility index (Phi) is 4.24. The summed E-state index contributed by atoms with van der Waals surface area (Å²) in [6.07, 6.45) is 0. The molecule has 9 nitrogen and oxygen atoms in total. The molecule has 0 atom stereocenters. The molecule has 2 aromatic carbocycles. The van der Waals surface area contributed by atoms with Crippen LogP contribution in [0, 0.1) is 10.1 Å². The van der Waals surface area contributed by atoms with Crippen LogP contribution in [0.15, 0.2) is 63.4 Å². The van der Waals surface area contributed by atoms with Crippen molar-refractivity contribution in [2.45, 2.75) is 0 Å². The zero-order valence-electron chi connectivity index (χ0n) is 14.5. The average Bonchev–Trinajstić information content (AvgIpc) is 3.35. The number of furan rings is 1. The fourth-order valence-corrected chi connectivity index (χ4v) is 2.63. The quantitative estimate of drug-likeness (QED) is 0.406. The lowest BCUT2D eigenvalue weighted by molar-refractivity contribution is -0.402. The number of hydrogen-bond acceptors (Lipinski definition) is 7. The van der Waals surface area contributed by atoms with Gasteiger partial charge in [-0.2, -0.15) is 0 Å². The summed E-state index contributed by atoms with van der Waals surface area (Å²) in [5.74, 6) is -0.215. The summed E-state index contributed by atoms with van der Waals surface area (Å²) in [7, 11) is 1.57. The number of fused-ring (bicyclic) bond motifs is 1. The number of hydrogen-bond donors (Lipinski definition) is 1. The Bertz CT molecular complexity index is 1190. The molecule has 0 radical (unpaired) electrons. The molecule has 0 saturated carbocycles. The number of anilines is 1.